The highest BCUT2D eigenvalue weighted by Gasteiger charge is 2.14. The largest absolute Gasteiger partial charge is 0.481 e. The van der Waals surface area contributed by atoms with Crippen LogP contribution in [0.1, 0.15) is 5.56 Å². The lowest BCUT2D eigenvalue weighted by atomic mass is 10.2. The van der Waals surface area contributed by atoms with Gasteiger partial charge < -0.3 is 15.0 Å². The topological polar surface area (TPSA) is 73.4 Å². The predicted molar refractivity (Wildman–Crippen MR) is 72.7 cm³/mol. The van der Waals surface area contributed by atoms with Crippen molar-refractivity contribution in [3.05, 3.63) is 33.9 Å². The molecule has 0 fully saturated rings. The van der Waals surface area contributed by atoms with Crippen LogP contribution >= 0.6 is 0 Å². The zero-order valence-electron chi connectivity index (χ0n) is 11.8. The van der Waals surface area contributed by atoms with Crippen molar-refractivity contribution in [1.29, 1.82) is 0 Å². The fourth-order valence-corrected chi connectivity index (χ4v) is 1.68. The number of quaternary nitrogens is 2. The maximum atomic E-state index is 10.9. The molecule has 1 aromatic carbocycles. The summed E-state index contributed by atoms with van der Waals surface area (Å²) in [6.07, 6.45) is 0. The number of aryl methyl sites for hydroxylation is 1. The number of hydrogen-bond donors (Lipinski definition) is 2. The Kier molecular flexibility index (Phi) is 6.24. The van der Waals surface area contributed by atoms with Crippen LogP contribution in [-0.2, 0) is 0 Å². The molecular formula is C13H23N3O3+2. The first kappa shape index (κ1) is 15.4. The number of nitro groups is 1. The van der Waals surface area contributed by atoms with Crippen molar-refractivity contribution in [2.75, 3.05) is 40.3 Å². The summed E-state index contributed by atoms with van der Waals surface area (Å²) in [5.41, 5.74) is 0.990. The van der Waals surface area contributed by atoms with Crippen LogP contribution in [-0.4, -0.2) is 45.3 Å². The molecule has 19 heavy (non-hydrogen) atoms. The monoisotopic (exact) mass is 269 g/mol. The van der Waals surface area contributed by atoms with Gasteiger partial charge in [-0.05, 0) is 18.6 Å². The molecule has 1 aromatic rings. The van der Waals surface area contributed by atoms with E-state index in [0.717, 1.165) is 25.2 Å². The van der Waals surface area contributed by atoms with Crippen molar-refractivity contribution < 1.29 is 19.9 Å². The third-order valence-electron chi connectivity index (χ3n) is 2.74. The number of nitrogens with zero attached hydrogens (tertiary/aromatic N) is 1. The van der Waals surface area contributed by atoms with E-state index in [9.17, 15) is 10.1 Å². The van der Waals surface area contributed by atoms with E-state index in [1.54, 1.807) is 12.1 Å². The summed E-state index contributed by atoms with van der Waals surface area (Å²) in [4.78, 5) is 11.9. The molecule has 0 spiro atoms. The van der Waals surface area contributed by atoms with E-state index in [2.05, 4.69) is 19.4 Å². The van der Waals surface area contributed by atoms with Crippen LogP contribution in [0.15, 0.2) is 18.2 Å². The fourth-order valence-electron chi connectivity index (χ4n) is 1.68. The Morgan fingerprint density at radius 3 is 2.74 bits per heavy atom. The highest BCUT2D eigenvalue weighted by Crippen LogP contribution is 2.27. The van der Waals surface area contributed by atoms with Crippen molar-refractivity contribution in [1.82, 2.24) is 0 Å². The second-order valence-electron chi connectivity index (χ2n) is 4.90. The SMILES string of the molecule is Cc1ccc([N+](=O)[O-])c(OCC[NH2+]CC[NH+](C)C)c1. The van der Waals surface area contributed by atoms with Crippen molar-refractivity contribution >= 4 is 5.69 Å². The Balaban J connectivity index is 2.40. The molecule has 1 rings (SSSR count). The fraction of sp³-hybridized carbons (Fsp3) is 0.538. The van der Waals surface area contributed by atoms with Gasteiger partial charge in [-0.2, -0.15) is 0 Å². The van der Waals surface area contributed by atoms with Gasteiger partial charge in [0.2, 0.25) is 0 Å². The maximum Gasteiger partial charge on any atom is 0.310 e. The van der Waals surface area contributed by atoms with Crippen LogP contribution < -0.4 is 15.0 Å². The molecule has 0 saturated carbocycles. The molecule has 0 aromatic heterocycles. The molecule has 0 bridgehead atoms. The number of rotatable bonds is 8. The average Bonchev–Trinajstić information content (AvgIpc) is 2.33. The quantitative estimate of drug-likeness (QED) is 0.361. The summed E-state index contributed by atoms with van der Waals surface area (Å²) in [7, 11) is 4.22. The van der Waals surface area contributed by atoms with Gasteiger partial charge in [0.25, 0.3) is 0 Å². The number of likely N-dealkylation sites (N-methyl/N-ethyl adjacent to an activating group) is 1. The van der Waals surface area contributed by atoms with E-state index in [-0.39, 0.29) is 5.69 Å². The van der Waals surface area contributed by atoms with Crippen molar-refractivity contribution in [3.8, 4) is 5.75 Å². The number of nitrogens with one attached hydrogen (secondary N) is 1. The van der Waals surface area contributed by atoms with Crippen LogP contribution in [0.3, 0.4) is 0 Å². The number of nitrogens with two attached hydrogens (primary N) is 1. The first-order chi connectivity index (χ1) is 9.00. The Labute approximate surface area is 113 Å². The zero-order valence-corrected chi connectivity index (χ0v) is 11.8. The zero-order chi connectivity index (χ0) is 14.3. The Morgan fingerprint density at radius 2 is 2.11 bits per heavy atom. The smallest absolute Gasteiger partial charge is 0.310 e. The minimum atomic E-state index is -0.409. The molecule has 0 aliphatic rings. The summed E-state index contributed by atoms with van der Waals surface area (Å²) in [5.74, 6) is 0.358. The van der Waals surface area contributed by atoms with Gasteiger partial charge in [0.15, 0.2) is 5.75 Å². The average molecular weight is 269 g/mol. The third-order valence-corrected chi connectivity index (χ3v) is 2.74. The standard InChI is InChI=1S/C13H21N3O3/c1-11-4-5-12(16(17)18)13(10-11)19-9-7-14-6-8-15(2)3/h4-5,10,14H,6-9H2,1-3H3/p+2. The summed E-state index contributed by atoms with van der Waals surface area (Å²) in [6, 6.07) is 4.92. The van der Waals surface area contributed by atoms with Gasteiger partial charge in [-0.1, -0.05) is 6.07 Å². The first-order valence-corrected chi connectivity index (χ1v) is 6.49. The lowest BCUT2D eigenvalue weighted by Gasteiger charge is -2.08. The second-order valence-corrected chi connectivity index (χ2v) is 4.90. The minimum absolute atomic E-state index is 0.0309. The van der Waals surface area contributed by atoms with Gasteiger partial charge in [-0.15, -0.1) is 0 Å². The number of nitro benzene ring substituents is 1. The Hall–Kier alpha value is -1.66. The van der Waals surface area contributed by atoms with Crippen LogP contribution in [0, 0.1) is 17.0 Å². The Morgan fingerprint density at radius 1 is 1.37 bits per heavy atom. The molecular weight excluding hydrogens is 246 g/mol. The van der Waals surface area contributed by atoms with Crippen molar-refractivity contribution in [3.63, 3.8) is 0 Å². The lowest BCUT2D eigenvalue weighted by Crippen LogP contribution is -3.09. The minimum Gasteiger partial charge on any atom is -0.481 e. The van der Waals surface area contributed by atoms with E-state index in [1.165, 1.54) is 11.0 Å². The van der Waals surface area contributed by atoms with Gasteiger partial charge >= 0.3 is 5.69 Å². The molecule has 0 heterocycles. The molecule has 0 unspecified atom stereocenters. The van der Waals surface area contributed by atoms with E-state index in [4.69, 9.17) is 4.74 Å². The van der Waals surface area contributed by atoms with Crippen molar-refractivity contribution in [2.24, 2.45) is 0 Å². The molecule has 106 valence electrons. The lowest BCUT2D eigenvalue weighted by molar-refractivity contribution is -0.874. The molecule has 0 saturated heterocycles. The number of ether oxygens (including phenoxy) is 1. The molecule has 6 nitrogen and oxygen atoms in total. The van der Waals surface area contributed by atoms with Gasteiger partial charge in [0.1, 0.15) is 26.2 Å². The van der Waals surface area contributed by atoms with E-state index < -0.39 is 4.92 Å². The van der Waals surface area contributed by atoms with E-state index >= 15 is 0 Å². The predicted octanol–water partition coefficient (Wildman–Crippen LogP) is -1.01. The van der Waals surface area contributed by atoms with Gasteiger partial charge in [-0.3, -0.25) is 10.1 Å². The molecule has 0 amide bonds. The first-order valence-electron chi connectivity index (χ1n) is 6.49. The van der Waals surface area contributed by atoms with Gasteiger partial charge in [-0.25, -0.2) is 0 Å². The molecule has 0 aliphatic carbocycles. The summed E-state index contributed by atoms with van der Waals surface area (Å²) < 4.78 is 5.51. The van der Waals surface area contributed by atoms with Gasteiger partial charge in [0.05, 0.1) is 19.0 Å². The van der Waals surface area contributed by atoms with E-state index in [1.807, 2.05) is 6.92 Å². The second kappa shape index (κ2) is 7.70. The van der Waals surface area contributed by atoms with E-state index in [0.29, 0.717) is 12.4 Å². The van der Waals surface area contributed by atoms with Crippen LogP contribution in [0.5, 0.6) is 5.75 Å². The van der Waals surface area contributed by atoms with Gasteiger partial charge in [0, 0.05) is 6.07 Å². The molecule has 6 heteroatoms. The number of benzene rings is 1. The molecule has 0 atom stereocenters. The Bertz CT molecular complexity index is 422. The third kappa shape index (κ3) is 5.67. The van der Waals surface area contributed by atoms with Crippen LogP contribution in [0.2, 0.25) is 0 Å². The highest BCUT2D eigenvalue weighted by molar-refractivity contribution is 5.48. The summed E-state index contributed by atoms with van der Waals surface area (Å²) in [6.45, 7) is 5.29. The molecule has 0 aliphatic heterocycles. The maximum absolute atomic E-state index is 10.9. The normalized spacial score (nSPS) is 10.7. The summed E-state index contributed by atoms with van der Waals surface area (Å²) >= 11 is 0. The van der Waals surface area contributed by atoms with Crippen molar-refractivity contribution in [2.45, 2.75) is 6.92 Å². The molecule has 3 N–H and O–H groups in total. The number of hydrogen-bond acceptors (Lipinski definition) is 3. The summed E-state index contributed by atoms with van der Waals surface area (Å²) in [5, 5.41) is 13.0. The van der Waals surface area contributed by atoms with Crippen LogP contribution in [0.4, 0.5) is 5.69 Å². The highest BCUT2D eigenvalue weighted by atomic mass is 16.6. The van der Waals surface area contributed by atoms with Crippen LogP contribution in [0.25, 0.3) is 0 Å². The molecule has 0 radical (unpaired) electrons.